The lowest BCUT2D eigenvalue weighted by molar-refractivity contribution is 0.171. The molecule has 0 saturated carbocycles. The maximum Gasteiger partial charge on any atom is 0.194 e. The standard InChI is InChI=1S/C13H14F3N3.2ClH/c14-10-2-1-9(12(15)13(10)16)11(3-4-17)19-7-5-18-6-8-19;;/h1-2,11,18H,3,5-8H2;2*1H/t11-;;/m0../s1. The highest BCUT2D eigenvalue weighted by Gasteiger charge is 2.26. The van der Waals surface area contributed by atoms with Crippen molar-refractivity contribution in [1.82, 2.24) is 10.2 Å². The summed E-state index contributed by atoms with van der Waals surface area (Å²) in [7, 11) is 0. The van der Waals surface area contributed by atoms with E-state index in [2.05, 4.69) is 5.32 Å². The number of halogens is 5. The Morgan fingerprint density at radius 2 is 1.76 bits per heavy atom. The van der Waals surface area contributed by atoms with Crippen LogP contribution in [0.3, 0.4) is 0 Å². The van der Waals surface area contributed by atoms with Gasteiger partial charge < -0.3 is 5.32 Å². The van der Waals surface area contributed by atoms with Gasteiger partial charge in [0, 0.05) is 31.7 Å². The highest BCUT2D eigenvalue weighted by atomic mass is 35.5. The lowest BCUT2D eigenvalue weighted by Crippen LogP contribution is -2.45. The fourth-order valence-corrected chi connectivity index (χ4v) is 2.31. The Labute approximate surface area is 133 Å². The van der Waals surface area contributed by atoms with E-state index in [9.17, 15) is 13.2 Å². The molecule has 21 heavy (non-hydrogen) atoms. The van der Waals surface area contributed by atoms with Gasteiger partial charge in [-0.3, -0.25) is 4.90 Å². The number of hydrogen-bond acceptors (Lipinski definition) is 3. The first kappa shape index (κ1) is 20.0. The number of nitrogens with one attached hydrogen (secondary N) is 1. The van der Waals surface area contributed by atoms with E-state index < -0.39 is 23.5 Å². The third kappa shape index (κ3) is 4.48. The predicted octanol–water partition coefficient (Wildman–Crippen LogP) is 2.81. The summed E-state index contributed by atoms with van der Waals surface area (Å²) < 4.78 is 40.1. The van der Waals surface area contributed by atoms with E-state index in [0.29, 0.717) is 13.1 Å². The lowest BCUT2D eigenvalue weighted by Gasteiger charge is -2.34. The van der Waals surface area contributed by atoms with Crippen LogP contribution in [0.25, 0.3) is 0 Å². The van der Waals surface area contributed by atoms with Crippen molar-refractivity contribution in [3.05, 3.63) is 35.1 Å². The summed E-state index contributed by atoms with van der Waals surface area (Å²) in [6.45, 7) is 2.75. The first-order valence-electron chi connectivity index (χ1n) is 6.10. The molecule has 0 unspecified atom stereocenters. The maximum absolute atomic E-state index is 13.8. The second kappa shape index (κ2) is 9.11. The number of benzene rings is 1. The average Bonchev–Trinajstić information content (AvgIpc) is 2.44. The molecule has 0 spiro atoms. The van der Waals surface area contributed by atoms with Crippen molar-refractivity contribution in [1.29, 1.82) is 5.26 Å². The fourth-order valence-electron chi connectivity index (χ4n) is 2.31. The molecule has 1 saturated heterocycles. The van der Waals surface area contributed by atoms with Crippen LogP contribution in [0.2, 0.25) is 0 Å². The largest absolute Gasteiger partial charge is 0.314 e. The molecule has 1 aliphatic heterocycles. The lowest BCUT2D eigenvalue weighted by atomic mass is 10.0. The van der Waals surface area contributed by atoms with Crippen LogP contribution in [0.1, 0.15) is 18.0 Å². The van der Waals surface area contributed by atoms with Crippen LogP contribution >= 0.6 is 24.8 Å². The summed E-state index contributed by atoms with van der Waals surface area (Å²) in [5.74, 6) is -3.88. The van der Waals surface area contributed by atoms with Crippen molar-refractivity contribution < 1.29 is 13.2 Å². The number of hydrogen-bond donors (Lipinski definition) is 1. The highest BCUT2D eigenvalue weighted by Crippen LogP contribution is 2.28. The molecule has 1 aromatic rings. The van der Waals surface area contributed by atoms with Crippen LogP contribution in [-0.2, 0) is 0 Å². The molecule has 1 fully saturated rings. The van der Waals surface area contributed by atoms with E-state index in [4.69, 9.17) is 5.26 Å². The smallest absolute Gasteiger partial charge is 0.194 e. The zero-order valence-electron chi connectivity index (χ0n) is 11.1. The van der Waals surface area contributed by atoms with Crippen molar-refractivity contribution in [2.75, 3.05) is 26.2 Å². The maximum atomic E-state index is 13.8. The second-order valence-electron chi connectivity index (χ2n) is 4.43. The van der Waals surface area contributed by atoms with Crippen molar-refractivity contribution in [3.63, 3.8) is 0 Å². The summed E-state index contributed by atoms with van der Waals surface area (Å²) in [6.07, 6.45) is 0.0436. The number of nitriles is 1. The summed E-state index contributed by atoms with van der Waals surface area (Å²) in [5, 5.41) is 12.0. The molecule has 0 bridgehead atoms. The Morgan fingerprint density at radius 3 is 2.33 bits per heavy atom. The summed E-state index contributed by atoms with van der Waals surface area (Å²) in [6, 6.07) is 3.56. The minimum Gasteiger partial charge on any atom is -0.314 e. The highest BCUT2D eigenvalue weighted by molar-refractivity contribution is 5.85. The molecule has 1 aliphatic rings. The van der Waals surface area contributed by atoms with E-state index in [0.717, 1.165) is 19.2 Å². The third-order valence-corrected chi connectivity index (χ3v) is 3.30. The van der Waals surface area contributed by atoms with Crippen LogP contribution in [0.15, 0.2) is 12.1 Å². The number of piperazine rings is 1. The van der Waals surface area contributed by atoms with Gasteiger partial charge in [-0.2, -0.15) is 5.26 Å². The zero-order chi connectivity index (χ0) is 13.8. The third-order valence-electron chi connectivity index (χ3n) is 3.30. The van der Waals surface area contributed by atoms with Gasteiger partial charge in [-0.15, -0.1) is 24.8 Å². The summed E-state index contributed by atoms with van der Waals surface area (Å²) >= 11 is 0. The van der Waals surface area contributed by atoms with Gasteiger partial charge >= 0.3 is 0 Å². The molecular formula is C13H16Cl2F3N3. The average molecular weight is 342 g/mol. The quantitative estimate of drug-likeness (QED) is 0.859. The van der Waals surface area contributed by atoms with Crippen LogP contribution in [0.4, 0.5) is 13.2 Å². The molecule has 0 aromatic heterocycles. The van der Waals surface area contributed by atoms with Crippen LogP contribution in [0.5, 0.6) is 0 Å². The van der Waals surface area contributed by atoms with Gasteiger partial charge in [0.05, 0.1) is 18.5 Å². The molecule has 8 heteroatoms. The molecule has 0 amide bonds. The molecule has 0 aliphatic carbocycles. The Balaban J connectivity index is 0.00000200. The minimum atomic E-state index is -1.48. The van der Waals surface area contributed by atoms with Crippen molar-refractivity contribution >= 4 is 24.8 Å². The Morgan fingerprint density at radius 1 is 1.14 bits per heavy atom. The van der Waals surface area contributed by atoms with Gasteiger partial charge in [-0.05, 0) is 6.07 Å². The Bertz CT molecular complexity index is 502. The normalized spacial score (nSPS) is 16.3. The van der Waals surface area contributed by atoms with Gasteiger partial charge in [-0.25, -0.2) is 13.2 Å². The van der Waals surface area contributed by atoms with E-state index in [1.54, 1.807) is 0 Å². The fraction of sp³-hybridized carbons (Fsp3) is 0.462. The molecule has 118 valence electrons. The molecule has 0 radical (unpaired) electrons. The topological polar surface area (TPSA) is 39.1 Å². The molecule has 3 nitrogen and oxygen atoms in total. The van der Waals surface area contributed by atoms with E-state index in [-0.39, 0.29) is 36.8 Å². The van der Waals surface area contributed by atoms with Gasteiger partial charge in [-0.1, -0.05) is 6.07 Å². The van der Waals surface area contributed by atoms with Gasteiger partial charge in [0.1, 0.15) is 0 Å². The van der Waals surface area contributed by atoms with Crippen molar-refractivity contribution in [3.8, 4) is 6.07 Å². The molecule has 1 aromatic carbocycles. The van der Waals surface area contributed by atoms with E-state index >= 15 is 0 Å². The molecule has 2 rings (SSSR count). The monoisotopic (exact) mass is 341 g/mol. The van der Waals surface area contributed by atoms with Gasteiger partial charge in [0.2, 0.25) is 0 Å². The van der Waals surface area contributed by atoms with Gasteiger partial charge in [0.25, 0.3) is 0 Å². The Hall–Kier alpha value is -1.00. The first-order valence-corrected chi connectivity index (χ1v) is 6.10. The summed E-state index contributed by atoms with van der Waals surface area (Å²) in [5.41, 5.74) is 0.0438. The minimum absolute atomic E-state index is 0. The number of rotatable bonds is 3. The van der Waals surface area contributed by atoms with Crippen LogP contribution in [0, 0.1) is 28.8 Å². The van der Waals surface area contributed by atoms with Gasteiger partial charge in [0.15, 0.2) is 17.5 Å². The second-order valence-corrected chi connectivity index (χ2v) is 4.43. The zero-order valence-corrected chi connectivity index (χ0v) is 12.7. The van der Waals surface area contributed by atoms with E-state index in [1.165, 1.54) is 6.07 Å². The predicted molar refractivity (Wildman–Crippen MR) is 78.2 cm³/mol. The molecule has 1 N–H and O–H groups in total. The summed E-state index contributed by atoms with van der Waals surface area (Å²) in [4.78, 5) is 1.91. The van der Waals surface area contributed by atoms with Crippen molar-refractivity contribution in [2.24, 2.45) is 0 Å². The first-order chi connectivity index (χ1) is 9.15. The van der Waals surface area contributed by atoms with Crippen molar-refractivity contribution in [2.45, 2.75) is 12.5 Å². The Kier molecular flexibility index (Phi) is 8.67. The SMILES string of the molecule is Cl.Cl.N#CC[C@@H](c1ccc(F)c(F)c1F)N1CCNCC1. The number of nitrogens with zero attached hydrogens (tertiary/aromatic N) is 2. The molecular weight excluding hydrogens is 326 g/mol. The molecule has 1 atom stereocenters. The van der Waals surface area contributed by atoms with Crippen LogP contribution in [-0.4, -0.2) is 31.1 Å². The molecule has 1 heterocycles. The van der Waals surface area contributed by atoms with E-state index in [1.807, 2.05) is 11.0 Å². The van der Waals surface area contributed by atoms with Crippen LogP contribution < -0.4 is 5.32 Å².